The summed E-state index contributed by atoms with van der Waals surface area (Å²) in [6, 6.07) is 21.5. The largest absolute Gasteiger partial charge is 0.497 e. The van der Waals surface area contributed by atoms with Crippen molar-refractivity contribution in [2.45, 2.75) is 31.2 Å². The van der Waals surface area contributed by atoms with Crippen molar-refractivity contribution in [2.75, 3.05) is 27.2 Å². The van der Waals surface area contributed by atoms with Crippen LogP contribution in [-0.4, -0.2) is 56.0 Å². The van der Waals surface area contributed by atoms with Gasteiger partial charge < -0.3 is 9.64 Å². The number of methoxy groups -OCH3 is 1. The molecule has 0 aromatic heterocycles. The number of urea groups is 1. The maximum atomic E-state index is 13.6. The van der Waals surface area contributed by atoms with Crippen LogP contribution in [0.15, 0.2) is 77.7 Å². The van der Waals surface area contributed by atoms with Gasteiger partial charge in [0.2, 0.25) is 0 Å². The molecule has 0 radical (unpaired) electrons. The molecule has 0 N–H and O–H groups in total. The standard InChI is InChI=1S/C27H31N3O4S/c1-20-10-13-23(18-21(20)2)26-19-30(28(3)35(32,33)25-8-6-5-7-9-25)27(31)29(26)17-16-22-11-14-24(34-4)15-12-22/h5-15,18,26H,16-17,19H2,1-4H3. The van der Waals surface area contributed by atoms with Crippen LogP contribution in [0.3, 0.4) is 0 Å². The lowest BCUT2D eigenvalue weighted by Crippen LogP contribution is -2.46. The second-order valence-corrected chi connectivity index (χ2v) is 10.7. The van der Waals surface area contributed by atoms with Crippen LogP contribution in [0.25, 0.3) is 0 Å². The number of rotatable bonds is 8. The number of ether oxygens (including phenoxy) is 1. The van der Waals surface area contributed by atoms with Gasteiger partial charge in [-0.25, -0.2) is 18.2 Å². The zero-order valence-corrected chi connectivity index (χ0v) is 21.3. The average molecular weight is 494 g/mol. The monoisotopic (exact) mass is 493 g/mol. The van der Waals surface area contributed by atoms with Gasteiger partial charge in [-0.2, -0.15) is 0 Å². The number of carbonyl (C=O) groups is 1. The molecule has 1 atom stereocenters. The molecule has 2 amide bonds. The zero-order chi connectivity index (χ0) is 25.2. The molecule has 1 fully saturated rings. The SMILES string of the molecule is COc1ccc(CCN2C(=O)N(N(C)S(=O)(=O)c3ccccc3)CC2c2ccc(C)c(C)c2)cc1. The van der Waals surface area contributed by atoms with E-state index in [1.165, 1.54) is 29.8 Å². The Kier molecular flexibility index (Phi) is 7.14. The Balaban J connectivity index is 1.63. The Morgan fingerprint density at radius 1 is 0.971 bits per heavy atom. The summed E-state index contributed by atoms with van der Waals surface area (Å²) < 4.78 is 32.8. The van der Waals surface area contributed by atoms with Crippen molar-refractivity contribution in [1.82, 2.24) is 14.3 Å². The third-order valence-electron chi connectivity index (χ3n) is 6.63. The van der Waals surface area contributed by atoms with E-state index in [0.29, 0.717) is 13.0 Å². The quantitative estimate of drug-likeness (QED) is 0.461. The molecule has 1 aliphatic heterocycles. The third kappa shape index (κ3) is 5.04. The van der Waals surface area contributed by atoms with Crippen molar-refractivity contribution in [3.8, 4) is 5.75 Å². The molecule has 0 spiro atoms. The fourth-order valence-electron chi connectivity index (χ4n) is 4.28. The van der Waals surface area contributed by atoms with E-state index in [9.17, 15) is 13.2 Å². The lowest BCUT2D eigenvalue weighted by Gasteiger charge is -2.27. The molecule has 1 saturated heterocycles. The number of benzene rings is 3. The van der Waals surface area contributed by atoms with E-state index in [-0.39, 0.29) is 23.5 Å². The van der Waals surface area contributed by atoms with Crippen LogP contribution in [0.2, 0.25) is 0 Å². The number of aryl methyl sites for hydroxylation is 2. The predicted octanol–water partition coefficient (Wildman–Crippen LogP) is 4.57. The predicted molar refractivity (Wildman–Crippen MR) is 136 cm³/mol. The number of hydrazine groups is 1. The Labute approximate surface area is 207 Å². The maximum absolute atomic E-state index is 13.6. The first-order chi connectivity index (χ1) is 16.7. The number of nitrogens with zero attached hydrogens (tertiary/aromatic N) is 3. The highest BCUT2D eigenvalue weighted by molar-refractivity contribution is 7.89. The van der Waals surface area contributed by atoms with Crippen LogP contribution < -0.4 is 4.74 Å². The summed E-state index contributed by atoms with van der Waals surface area (Å²) in [4.78, 5) is 15.5. The van der Waals surface area contributed by atoms with Crippen LogP contribution in [0.4, 0.5) is 4.79 Å². The van der Waals surface area contributed by atoms with Crippen molar-refractivity contribution in [3.63, 3.8) is 0 Å². The number of sulfonamides is 1. The highest BCUT2D eigenvalue weighted by atomic mass is 32.2. The lowest BCUT2D eigenvalue weighted by atomic mass is 10.0. The molecule has 0 aliphatic carbocycles. The summed E-state index contributed by atoms with van der Waals surface area (Å²) in [7, 11) is -0.815. The van der Waals surface area contributed by atoms with Crippen LogP contribution >= 0.6 is 0 Å². The topological polar surface area (TPSA) is 70.2 Å². The van der Waals surface area contributed by atoms with E-state index >= 15 is 0 Å². The second-order valence-electron chi connectivity index (χ2n) is 8.77. The molecule has 1 aliphatic rings. The Bertz CT molecular complexity index is 1290. The molecule has 3 aromatic carbocycles. The van der Waals surface area contributed by atoms with Gasteiger partial charge in [-0.05, 0) is 66.8 Å². The molecular weight excluding hydrogens is 462 g/mol. The van der Waals surface area contributed by atoms with E-state index in [2.05, 4.69) is 6.07 Å². The molecule has 1 unspecified atom stereocenters. The summed E-state index contributed by atoms with van der Waals surface area (Å²) in [6.07, 6.45) is 0.639. The van der Waals surface area contributed by atoms with E-state index in [0.717, 1.165) is 26.9 Å². The fraction of sp³-hybridized carbons (Fsp3) is 0.296. The van der Waals surface area contributed by atoms with Crippen LogP contribution in [0.5, 0.6) is 5.75 Å². The number of carbonyl (C=O) groups excluding carboxylic acids is 1. The van der Waals surface area contributed by atoms with Gasteiger partial charge in [0.1, 0.15) is 5.75 Å². The van der Waals surface area contributed by atoms with Gasteiger partial charge in [0.25, 0.3) is 10.0 Å². The Morgan fingerprint density at radius 3 is 2.29 bits per heavy atom. The van der Waals surface area contributed by atoms with Crippen molar-refractivity contribution in [3.05, 3.63) is 95.1 Å². The molecule has 4 rings (SSSR count). The number of hydrogen-bond donors (Lipinski definition) is 0. The van der Waals surface area contributed by atoms with Gasteiger partial charge in [-0.1, -0.05) is 48.5 Å². The molecule has 0 saturated carbocycles. The number of hydrogen-bond acceptors (Lipinski definition) is 4. The van der Waals surface area contributed by atoms with Gasteiger partial charge in [0.15, 0.2) is 0 Å². The van der Waals surface area contributed by atoms with Crippen LogP contribution in [-0.2, 0) is 16.4 Å². The summed E-state index contributed by atoms with van der Waals surface area (Å²) in [6.45, 7) is 4.79. The van der Waals surface area contributed by atoms with Crippen molar-refractivity contribution < 1.29 is 17.9 Å². The van der Waals surface area contributed by atoms with Crippen molar-refractivity contribution >= 4 is 16.1 Å². The Hall–Kier alpha value is -3.36. The van der Waals surface area contributed by atoms with Crippen molar-refractivity contribution in [1.29, 1.82) is 0 Å². The minimum absolute atomic E-state index is 0.148. The molecule has 3 aromatic rings. The number of amides is 2. The highest BCUT2D eigenvalue weighted by Crippen LogP contribution is 2.33. The Morgan fingerprint density at radius 2 is 1.66 bits per heavy atom. The second kappa shape index (κ2) is 10.1. The summed E-state index contributed by atoms with van der Waals surface area (Å²) in [5.74, 6) is 0.776. The van der Waals surface area contributed by atoms with Gasteiger partial charge in [0.05, 0.1) is 24.6 Å². The first-order valence-electron chi connectivity index (χ1n) is 11.5. The normalized spacial score (nSPS) is 16.3. The molecule has 8 heteroatoms. The third-order valence-corrected chi connectivity index (χ3v) is 8.39. The van der Waals surface area contributed by atoms with Crippen molar-refractivity contribution in [2.24, 2.45) is 0 Å². The first-order valence-corrected chi connectivity index (χ1v) is 13.0. The minimum Gasteiger partial charge on any atom is -0.497 e. The maximum Gasteiger partial charge on any atom is 0.336 e. The molecule has 1 heterocycles. The minimum atomic E-state index is -3.88. The van der Waals surface area contributed by atoms with E-state index in [4.69, 9.17) is 4.74 Å². The lowest BCUT2D eigenvalue weighted by molar-refractivity contribution is 0.126. The molecule has 35 heavy (non-hydrogen) atoms. The van der Waals surface area contributed by atoms with Gasteiger partial charge >= 0.3 is 6.03 Å². The summed E-state index contributed by atoms with van der Waals surface area (Å²) >= 11 is 0. The smallest absolute Gasteiger partial charge is 0.336 e. The molecular formula is C27H31N3O4S. The van der Waals surface area contributed by atoms with E-state index in [1.54, 1.807) is 30.2 Å². The zero-order valence-electron chi connectivity index (χ0n) is 20.5. The molecule has 184 valence electrons. The van der Waals surface area contributed by atoms with Gasteiger partial charge in [0, 0.05) is 13.6 Å². The molecule has 7 nitrogen and oxygen atoms in total. The first kappa shape index (κ1) is 24.8. The molecule has 0 bridgehead atoms. The van der Waals surface area contributed by atoms with E-state index < -0.39 is 10.0 Å². The van der Waals surface area contributed by atoms with Gasteiger partial charge in [-0.15, -0.1) is 4.41 Å². The van der Waals surface area contributed by atoms with E-state index in [1.807, 2.05) is 50.2 Å². The van der Waals surface area contributed by atoms with Crippen LogP contribution in [0.1, 0.15) is 28.3 Å². The summed E-state index contributed by atoms with van der Waals surface area (Å²) in [5, 5.41) is 1.33. The highest BCUT2D eigenvalue weighted by Gasteiger charge is 2.43. The summed E-state index contributed by atoms with van der Waals surface area (Å²) in [5.41, 5.74) is 4.36. The average Bonchev–Trinajstić information content (AvgIpc) is 3.20. The van der Waals surface area contributed by atoms with Gasteiger partial charge in [-0.3, -0.25) is 0 Å². The fourth-order valence-corrected chi connectivity index (χ4v) is 5.48. The van der Waals surface area contributed by atoms with Crippen LogP contribution in [0, 0.1) is 13.8 Å².